The molecular formula is C26H28F2N4O5. The van der Waals surface area contributed by atoms with Gasteiger partial charge in [-0.2, -0.15) is 8.78 Å². The van der Waals surface area contributed by atoms with Crippen LogP contribution in [-0.4, -0.2) is 54.5 Å². The highest BCUT2D eigenvalue weighted by molar-refractivity contribution is 6.01. The summed E-state index contributed by atoms with van der Waals surface area (Å²) in [4.78, 5) is 38.7. The molecule has 37 heavy (non-hydrogen) atoms. The number of nitrogens with zero attached hydrogens (tertiary/aromatic N) is 1. The third kappa shape index (κ3) is 5.76. The van der Waals surface area contributed by atoms with E-state index < -0.39 is 12.7 Å². The molecule has 2 aliphatic heterocycles. The second-order valence-electron chi connectivity index (χ2n) is 9.60. The fraction of sp³-hybridized carbons (Fsp3) is 0.423. The number of benzene rings is 2. The fourth-order valence-corrected chi connectivity index (χ4v) is 4.70. The first kappa shape index (κ1) is 24.8. The van der Waals surface area contributed by atoms with Crippen LogP contribution in [0.2, 0.25) is 0 Å². The van der Waals surface area contributed by atoms with Crippen molar-refractivity contribution in [1.29, 1.82) is 0 Å². The SMILES string of the molecule is CC(=O)N1C[C@@H](Nc2ccc(OC(F)F)c(OCC3CC3)c2)C[C@@H]1C(=O)Nc1ccc2c(c1)CNC2=O. The Morgan fingerprint density at radius 2 is 1.92 bits per heavy atom. The zero-order valence-corrected chi connectivity index (χ0v) is 20.3. The second-order valence-corrected chi connectivity index (χ2v) is 9.60. The molecular weight excluding hydrogens is 486 g/mol. The van der Waals surface area contributed by atoms with E-state index in [2.05, 4.69) is 20.7 Å². The van der Waals surface area contributed by atoms with Crippen molar-refractivity contribution in [1.82, 2.24) is 10.2 Å². The van der Waals surface area contributed by atoms with Crippen LogP contribution < -0.4 is 25.4 Å². The molecule has 2 atom stereocenters. The summed E-state index contributed by atoms with van der Waals surface area (Å²) in [6, 6.07) is 8.76. The van der Waals surface area contributed by atoms with Gasteiger partial charge in [-0.15, -0.1) is 0 Å². The highest BCUT2D eigenvalue weighted by atomic mass is 19.3. The van der Waals surface area contributed by atoms with Gasteiger partial charge in [0.25, 0.3) is 5.91 Å². The predicted octanol–water partition coefficient (Wildman–Crippen LogP) is 3.36. The summed E-state index contributed by atoms with van der Waals surface area (Å²) in [6.45, 7) is -0.429. The van der Waals surface area contributed by atoms with Gasteiger partial charge in [0.1, 0.15) is 6.04 Å². The molecule has 2 heterocycles. The van der Waals surface area contributed by atoms with E-state index in [1.54, 1.807) is 30.3 Å². The molecule has 0 spiro atoms. The molecule has 3 aliphatic rings. The van der Waals surface area contributed by atoms with Crippen LogP contribution >= 0.6 is 0 Å². The smallest absolute Gasteiger partial charge is 0.387 e. The van der Waals surface area contributed by atoms with Gasteiger partial charge >= 0.3 is 6.61 Å². The molecule has 2 fully saturated rings. The topological polar surface area (TPSA) is 109 Å². The molecule has 11 heteroatoms. The first-order valence-electron chi connectivity index (χ1n) is 12.2. The van der Waals surface area contributed by atoms with Crippen LogP contribution in [0, 0.1) is 5.92 Å². The first-order valence-corrected chi connectivity index (χ1v) is 12.2. The summed E-state index contributed by atoms with van der Waals surface area (Å²) in [5.74, 6) is -0.0981. The number of ether oxygens (including phenoxy) is 2. The minimum atomic E-state index is -2.97. The molecule has 0 radical (unpaired) electrons. The van der Waals surface area contributed by atoms with Crippen molar-refractivity contribution < 1.29 is 32.6 Å². The average Bonchev–Trinajstić information content (AvgIpc) is 3.47. The maximum absolute atomic E-state index is 13.1. The number of carbonyl (C=O) groups excluding carboxylic acids is 3. The minimum Gasteiger partial charge on any atom is -0.489 e. The number of nitrogens with one attached hydrogen (secondary N) is 3. The van der Waals surface area contributed by atoms with E-state index in [0.29, 0.717) is 49.0 Å². The molecule has 5 rings (SSSR count). The number of hydrogen-bond acceptors (Lipinski definition) is 6. The Morgan fingerprint density at radius 3 is 2.65 bits per heavy atom. The largest absolute Gasteiger partial charge is 0.489 e. The number of likely N-dealkylation sites (tertiary alicyclic amines) is 1. The van der Waals surface area contributed by atoms with Crippen molar-refractivity contribution in [2.75, 3.05) is 23.8 Å². The molecule has 196 valence electrons. The predicted molar refractivity (Wildman–Crippen MR) is 131 cm³/mol. The van der Waals surface area contributed by atoms with E-state index in [1.165, 1.54) is 17.9 Å². The highest BCUT2D eigenvalue weighted by Gasteiger charge is 2.38. The average molecular weight is 515 g/mol. The third-order valence-electron chi connectivity index (χ3n) is 6.77. The van der Waals surface area contributed by atoms with Gasteiger partial charge in [0.05, 0.1) is 6.61 Å². The van der Waals surface area contributed by atoms with E-state index in [9.17, 15) is 23.2 Å². The maximum Gasteiger partial charge on any atom is 0.387 e. The molecule has 3 N–H and O–H groups in total. The minimum absolute atomic E-state index is 0.0403. The number of fused-ring (bicyclic) bond motifs is 1. The molecule has 0 unspecified atom stereocenters. The summed E-state index contributed by atoms with van der Waals surface area (Å²) < 4.78 is 36.0. The molecule has 1 saturated heterocycles. The number of anilines is 2. The van der Waals surface area contributed by atoms with E-state index in [0.717, 1.165) is 18.4 Å². The Kier molecular flexibility index (Phi) is 6.86. The fourth-order valence-electron chi connectivity index (χ4n) is 4.70. The van der Waals surface area contributed by atoms with Gasteiger partial charge in [-0.1, -0.05) is 0 Å². The van der Waals surface area contributed by atoms with Gasteiger partial charge in [-0.3, -0.25) is 14.4 Å². The molecule has 1 saturated carbocycles. The normalized spacial score (nSPS) is 20.4. The lowest BCUT2D eigenvalue weighted by atomic mass is 10.1. The van der Waals surface area contributed by atoms with Crippen LogP contribution in [0.1, 0.15) is 42.1 Å². The quantitative estimate of drug-likeness (QED) is 0.474. The van der Waals surface area contributed by atoms with Crippen LogP contribution in [0.3, 0.4) is 0 Å². The summed E-state index contributed by atoms with van der Waals surface area (Å²) in [7, 11) is 0. The van der Waals surface area contributed by atoms with E-state index in [4.69, 9.17) is 4.74 Å². The Labute approximate surface area is 212 Å². The van der Waals surface area contributed by atoms with Gasteiger partial charge in [0, 0.05) is 49.1 Å². The summed E-state index contributed by atoms with van der Waals surface area (Å²) in [6.07, 6.45) is 2.45. The zero-order chi connectivity index (χ0) is 26.1. The molecule has 3 amide bonds. The van der Waals surface area contributed by atoms with Crippen LogP contribution in [0.25, 0.3) is 0 Å². The van der Waals surface area contributed by atoms with Crippen molar-refractivity contribution in [2.24, 2.45) is 5.92 Å². The van der Waals surface area contributed by atoms with Crippen molar-refractivity contribution in [3.05, 3.63) is 47.5 Å². The number of rotatable bonds is 9. The van der Waals surface area contributed by atoms with Gasteiger partial charge in [-0.25, -0.2) is 0 Å². The Bertz CT molecular complexity index is 1220. The molecule has 2 aromatic carbocycles. The van der Waals surface area contributed by atoms with Gasteiger partial charge in [-0.05, 0) is 61.1 Å². The molecule has 2 aromatic rings. The lowest BCUT2D eigenvalue weighted by molar-refractivity contribution is -0.134. The van der Waals surface area contributed by atoms with Gasteiger partial charge in [0.2, 0.25) is 11.8 Å². The van der Waals surface area contributed by atoms with Gasteiger partial charge < -0.3 is 30.3 Å². The summed E-state index contributed by atoms with van der Waals surface area (Å²) in [5.41, 5.74) is 2.54. The van der Waals surface area contributed by atoms with Crippen LogP contribution in [0.15, 0.2) is 36.4 Å². The van der Waals surface area contributed by atoms with E-state index >= 15 is 0 Å². The molecule has 1 aliphatic carbocycles. The molecule has 0 bridgehead atoms. The van der Waals surface area contributed by atoms with Gasteiger partial charge in [0.15, 0.2) is 11.5 Å². The number of alkyl halides is 2. The monoisotopic (exact) mass is 514 g/mol. The van der Waals surface area contributed by atoms with Crippen molar-refractivity contribution in [3.63, 3.8) is 0 Å². The lowest BCUT2D eigenvalue weighted by Gasteiger charge is -2.22. The van der Waals surface area contributed by atoms with E-state index in [-0.39, 0.29) is 35.3 Å². The number of carbonyl (C=O) groups is 3. The van der Waals surface area contributed by atoms with Crippen LogP contribution in [0.4, 0.5) is 20.2 Å². The maximum atomic E-state index is 13.1. The lowest BCUT2D eigenvalue weighted by Crippen LogP contribution is -2.42. The standard InChI is InChI=1S/C26H28F2N4O5/c1-14(33)32-12-19(9-21(32)25(35)31-17-4-6-20-16(8-17)11-29-24(20)34)30-18-5-7-22(37-26(27)28)23(10-18)36-13-15-2-3-15/h4-8,10,15,19,21,26,30H,2-3,9,11-13H2,1H3,(H,29,34)(H,31,35)/t19-,21+/m0/s1. The number of hydrogen-bond donors (Lipinski definition) is 3. The molecule has 0 aromatic heterocycles. The number of halogens is 2. The Balaban J connectivity index is 1.26. The van der Waals surface area contributed by atoms with Crippen molar-refractivity contribution in [2.45, 2.75) is 51.4 Å². The van der Waals surface area contributed by atoms with Crippen molar-refractivity contribution in [3.8, 4) is 11.5 Å². The number of amides is 3. The Morgan fingerprint density at radius 1 is 1.14 bits per heavy atom. The Hall–Kier alpha value is -3.89. The summed E-state index contributed by atoms with van der Waals surface area (Å²) >= 11 is 0. The van der Waals surface area contributed by atoms with E-state index in [1.807, 2.05) is 0 Å². The van der Waals surface area contributed by atoms with Crippen LogP contribution in [-0.2, 0) is 16.1 Å². The van der Waals surface area contributed by atoms with Crippen molar-refractivity contribution >= 4 is 29.1 Å². The summed E-state index contributed by atoms with van der Waals surface area (Å²) in [5, 5.41) is 8.89. The second kappa shape index (κ2) is 10.2. The molecule has 9 nitrogen and oxygen atoms in total. The van der Waals surface area contributed by atoms with Crippen LogP contribution in [0.5, 0.6) is 11.5 Å². The first-order chi connectivity index (χ1) is 17.8. The zero-order valence-electron chi connectivity index (χ0n) is 20.3. The third-order valence-corrected chi connectivity index (χ3v) is 6.77. The highest BCUT2D eigenvalue weighted by Crippen LogP contribution is 2.36.